The van der Waals surface area contributed by atoms with Crippen molar-refractivity contribution in [1.29, 1.82) is 0 Å². The average molecular weight is 377 g/mol. The number of amides is 1. The van der Waals surface area contributed by atoms with Crippen LogP contribution in [0, 0.1) is 11.7 Å². The third-order valence-electron chi connectivity index (χ3n) is 4.51. The van der Waals surface area contributed by atoms with Gasteiger partial charge in [-0.3, -0.25) is 4.79 Å². The summed E-state index contributed by atoms with van der Waals surface area (Å²) in [5.41, 5.74) is 0.423. The molecule has 1 atom stereocenters. The smallest absolute Gasteiger partial charge is 0.257 e. The molecule has 1 amide bonds. The highest BCUT2D eigenvalue weighted by molar-refractivity contribution is 6.31. The number of benzene rings is 2. The van der Waals surface area contributed by atoms with Gasteiger partial charge in [0, 0.05) is 18.1 Å². The van der Waals surface area contributed by atoms with Crippen LogP contribution in [0.25, 0.3) is 0 Å². The molecule has 0 bridgehead atoms. The Morgan fingerprint density at radius 2 is 2.08 bits per heavy atom. The van der Waals surface area contributed by atoms with Crippen molar-refractivity contribution in [2.24, 2.45) is 5.92 Å². The minimum atomic E-state index is -0.339. The standard InChI is InChI=1S/C20H22ClFN2O2/c1-23-12-14-3-2-10-24(13-14)20(25)18-11-15(21)4-9-19(18)26-17-7-5-16(22)6-8-17/h4-9,11,14,23H,2-3,10,12-13H2,1H3. The number of piperidine rings is 1. The van der Waals surface area contributed by atoms with Crippen LogP contribution in [0.2, 0.25) is 5.02 Å². The maximum Gasteiger partial charge on any atom is 0.257 e. The molecule has 1 heterocycles. The fourth-order valence-electron chi connectivity index (χ4n) is 3.26. The Balaban J connectivity index is 1.82. The Morgan fingerprint density at radius 3 is 2.81 bits per heavy atom. The van der Waals surface area contributed by atoms with Gasteiger partial charge in [0.05, 0.1) is 5.56 Å². The minimum Gasteiger partial charge on any atom is -0.457 e. The summed E-state index contributed by atoms with van der Waals surface area (Å²) in [6, 6.07) is 10.7. The van der Waals surface area contributed by atoms with Gasteiger partial charge in [0.2, 0.25) is 0 Å². The number of carbonyl (C=O) groups is 1. The largest absolute Gasteiger partial charge is 0.457 e. The molecule has 1 N–H and O–H groups in total. The molecule has 1 aliphatic heterocycles. The second kappa shape index (κ2) is 8.52. The van der Waals surface area contributed by atoms with E-state index in [9.17, 15) is 9.18 Å². The highest BCUT2D eigenvalue weighted by Crippen LogP contribution is 2.30. The van der Waals surface area contributed by atoms with Gasteiger partial charge in [-0.25, -0.2) is 4.39 Å². The second-order valence-electron chi connectivity index (χ2n) is 6.51. The number of hydrogen-bond acceptors (Lipinski definition) is 3. The molecule has 1 aliphatic rings. The summed E-state index contributed by atoms with van der Waals surface area (Å²) < 4.78 is 18.9. The van der Waals surface area contributed by atoms with Crippen LogP contribution >= 0.6 is 11.6 Å². The lowest BCUT2D eigenvalue weighted by molar-refractivity contribution is 0.0671. The molecular formula is C20H22ClFN2O2. The van der Waals surface area contributed by atoms with Crippen LogP contribution in [0.1, 0.15) is 23.2 Å². The van der Waals surface area contributed by atoms with Gasteiger partial charge in [-0.15, -0.1) is 0 Å². The number of hydrogen-bond donors (Lipinski definition) is 1. The molecule has 0 radical (unpaired) electrons. The van der Waals surface area contributed by atoms with E-state index in [2.05, 4.69) is 5.32 Å². The summed E-state index contributed by atoms with van der Waals surface area (Å²) in [6.45, 7) is 2.32. The van der Waals surface area contributed by atoms with E-state index in [0.29, 0.717) is 34.5 Å². The Bertz CT molecular complexity index is 765. The molecule has 3 rings (SSSR count). The third-order valence-corrected chi connectivity index (χ3v) is 4.75. The van der Waals surface area contributed by atoms with Crippen molar-refractivity contribution in [3.8, 4) is 11.5 Å². The molecule has 6 heteroatoms. The number of ether oxygens (including phenoxy) is 1. The molecule has 26 heavy (non-hydrogen) atoms. The summed E-state index contributed by atoms with van der Waals surface area (Å²) in [4.78, 5) is 14.9. The lowest BCUT2D eigenvalue weighted by Gasteiger charge is -2.33. The highest BCUT2D eigenvalue weighted by Gasteiger charge is 2.26. The van der Waals surface area contributed by atoms with Crippen LogP contribution in [0.3, 0.4) is 0 Å². The molecule has 2 aromatic rings. The van der Waals surface area contributed by atoms with Gasteiger partial charge in [0.1, 0.15) is 17.3 Å². The summed E-state index contributed by atoms with van der Waals surface area (Å²) in [5.74, 6) is 0.897. The first-order chi connectivity index (χ1) is 12.6. The van der Waals surface area contributed by atoms with Crippen molar-refractivity contribution < 1.29 is 13.9 Å². The van der Waals surface area contributed by atoms with Crippen LogP contribution in [0.4, 0.5) is 4.39 Å². The molecule has 1 unspecified atom stereocenters. The van der Waals surface area contributed by atoms with E-state index in [0.717, 1.165) is 25.9 Å². The Morgan fingerprint density at radius 1 is 1.31 bits per heavy atom. The third kappa shape index (κ3) is 4.54. The number of likely N-dealkylation sites (tertiary alicyclic amines) is 1. The van der Waals surface area contributed by atoms with Crippen molar-refractivity contribution in [2.45, 2.75) is 12.8 Å². The number of carbonyl (C=O) groups excluding carboxylic acids is 1. The molecule has 0 aliphatic carbocycles. The van der Waals surface area contributed by atoms with Gasteiger partial charge in [0.25, 0.3) is 5.91 Å². The van der Waals surface area contributed by atoms with Crippen LogP contribution in [-0.2, 0) is 0 Å². The minimum absolute atomic E-state index is 0.0922. The van der Waals surface area contributed by atoms with E-state index in [1.807, 2.05) is 11.9 Å². The lowest BCUT2D eigenvalue weighted by atomic mass is 9.97. The zero-order valence-electron chi connectivity index (χ0n) is 14.7. The second-order valence-corrected chi connectivity index (χ2v) is 6.95. The van der Waals surface area contributed by atoms with Crippen LogP contribution < -0.4 is 10.1 Å². The Labute approximate surface area is 157 Å². The predicted octanol–water partition coefficient (Wildman–Crippen LogP) is 4.34. The maximum atomic E-state index is 13.1. The SMILES string of the molecule is CNCC1CCCN(C(=O)c2cc(Cl)ccc2Oc2ccc(F)cc2)C1. The summed E-state index contributed by atoms with van der Waals surface area (Å²) in [6.07, 6.45) is 2.09. The van der Waals surface area contributed by atoms with E-state index in [4.69, 9.17) is 16.3 Å². The van der Waals surface area contributed by atoms with Crippen LogP contribution in [-0.4, -0.2) is 37.5 Å². The number of halogens is 2. The van der Waals surface area contributed by atoms with Gasteiger partial charge in [0.15, 0.2) is 0 Å². The molecular weight excluding hydrogens is 355 g/mol. The number of nitrogens with zero attached hydrogens (tertiary/aromatic N) is 1. The summed E-state index contributed by atoms with van der Waals surface area (Å²) >= 11 is 6.12. The molecule has 0 saturated carbocycles. The zero-order valence-corrected chi connectivity index (χ0v) is 15.4. The first-order valence-corrected chi connectivity index (χ1v) is 9.11. The Hall–Kier alpha value is -2.11. The maximum absolute atomic E-state index is 13.1. The molecule has 0 aromatic heterocycles. The molecule has 1 fully saturated rings. The fourth-order valence-corrected chi connectivity index (χ4v) is 3.44. The monoisotopic (exact) mass is 376 g/mol. The van der Waals surface area contributed by atoms with E-state index in [1.165, 1.54) is 24.3 Å². The van der Waals surface area contributed by atoms with E-state index < -0.39 is 0 Å². The average Bonchev–Trinajstić information content (AvgIpc) is 2.65. The molecule has 2 aromatic carbocycles. The van der Waals surface area contributed by atoms with Crippen molar-refractivity contribution in [3.63, 3.8) is 0 Å². The van der Waals surface area contributed by atoms with Crippen molar-refractivity contribution >= 4 is 17.5 Å². The fraction of sp³-hybridized carbons (Fsp3) is 0.350. The van der Waals surface area contributed by atoms with Crippen molar-refractivity contribution in [1.82, 2.24) is 10.2 Å². The zero-order chi connectivity index (χ0) is 18.5. The predicted molar refractivity (Wildman–Crippen MR) is 100 cm³/mol. The van der Waals surface area contributed by atoms with Gasteiger partial charge in [-0.05, 0) is 74.8 Å². The molecule has 138 valence electrons. The highest BCUT2D eigenvalue weighted by atomic mass is 35.5. The first-order valence-electron chi connectivity index (χ1n) is 8.73. The Kier molecular flexibility index (Phi) is 6.12. The van der Waals surface area contributed by atoms with Crippen molar-refractivity contribution in [3.05, 3.63) is 58.9 Å². The van der Waals surface area contributed by atoms with Gasteiger partial charge >= 0.3 is 0 Å². The summed E-state index contributed by atoms with van der Waals surface area (Å²) in [5, 5.41) is 3.66. The van der Waals surface area contributed by atoms with E-state index in [1.54, 1.807) is 18.2 Å². The van der Waals surface area contributed by atoms with E-state index in [-0.39, 0.29) is 11.7 Å². The van der Waals surface area contributed by atoms with Crippen LogP contribution in [0.15, 0.2) is 42.5 Å². The topological polar surface area (TPSA) is 41.6 Å². The normalized spacial score (nSPS) is 17.2. The molecule has 1 saturated heterocycles. The van der Waals surface area contributed by atoms with E-state index >= 15 is 0 Å². The quantitative estimate of drug-likeness (QED) is 0.843. The van der Waals surface area contributed by atoms with Gasteiger partial charge < -0.3 is 15.0 Å². The number of rotatable bonds is 5. The summed E-state index contributed by atoms with van der Waals surface area (Å²) in [7, 11) is 1.92. The van der Waals surface area contributed by atoms with Gasteiger partial charge in [-0.1, -0.05) is 11.6 Å². The molecule has 4 nitrogen and oxygen atoms in total. The molecule has 0 spiro atoms. The first kappa shape index (κ1) is 18.7. The van der Waals surface area contributed by atoms with Crippen molar-refractivity contribution in [2.75, 3.05) is 26.7 Å². The van der Waals surface area contributed by atoms with Gasteiger partial charge in [-0.2, -0.15) is 0 Å². The number of nitrogens with one attached hydrogen (secondary N) is 1. The lowest BCUT2D eigenvalue weighted by Crippen LogP contribution is -2.42. The van der Waals surface area contributed by atoms with Crippen LogP contribution in [0.5, 0.6) is 11.5 Å².